The Balaban J connectivity index is 1.80. The summed E-state index contributed by atoms with van der Waals surface area (Å²) < 4.78 is 7.06. The molecule has 1 fully saturated rings. The van der Waals surface area contributed by atoms with Crippen molar-refractivity contribution in [1.29, 1.82) is 0 Å². The summed E-state index contributed by atoms with van der Waals surface area (Å²) in [6.07, 6.45) is 9.57. The number of aromatic nitrogens is 2. The smallest absolute Gasteiger partial charge is 0.306 e. The number of nitrogens with zero attached hydrogens (tertiary/aromatic N) is 2. The van der Waals surface area contributed by atoms with Crippen molar-refractivity contribution in [1.82, 2.24) is 20.1 Å². The molecule has 0 spiro atoms. The van der Waals surface area contributed by atoms with E-state index in [2.05, 4.69) is 28.0 Å². The van der Waals surface area contributed by atoms with Crippen LogP contribution in [0.4, 0.5) is 0 Å². The number of hydrogen-bond donors (Lipinski definition) is 3. The summed E-state index contributed by atoms with van der Waals surface area (Å²) >= 11 is 0. The standard InChI is InChI=1S/C19H25N5O3/c1-2-27-18(26)6-5-14-7-15(13-3-4-13)10-24-11-16(22-19(14)24)8-21-9-17(12-25)23-20/h7,9-13,21,23H,2-6,8,20H2,1H3/b17-9-. The van der Waals surface area contributed by atoms with Gasteiger partial charge in [-0.05, 0) is 43.2 Å². The maximum absolute atomic E-state index is 11.7. The van der Waals surface area contributed by atoms with Gasteiger partial charge in [0.15, 0.2) is 6.29 Å². The molecule has 0 atom stereocenters. The molecule has 27 heavy (non-hydrogen) atoms. The van der Waals surface area contributed by atoms with Gasteiger partial charge < -0.3 is 19.9 Å². The molecule has 2 aromatic rings. The van der Waals surface area contributed by atoms with E-state index in [-0.39, 0.29) is 11.7 Å². The van der Waals surface area contributed by atoms with E-state index >= 15 is 0 Å². The van der Waals surface area contributed by atoms with Crippen LogP contribution in [-0.4, -0.2) is 28.2 Å². The predicted molar refractivity (Wildman–Crippen MR) is 100 cm³/mol. The molecule has 0 bridgehead atoms. The maximum Gasteiger partial charge on any atom is 0.306 e. The van der Waals surface area contributed by atoms with Crippen LogP contribution in [-0.2, 0) is 27.3 Å². The second-order valence-corrected chi connectivity index (χ2v) is 6.58. The lowest BCUT2D eigenvalue weighted by molar-refractivity contribution is -0.143. The summed E-state index contributed by atoms with van der Waals surface area (Å²) in [6, 6.07) is 2.17. The van der Waals surface area contributed by atoms with Gasteiger partial charge in [0, 0.05) is 25.0 Å². The van der Waals surface area contributed by atoms with Crippen LogP contribution >= 0.6 is 0 Å². The highest BCUT2D eigenvalue weighted by Crippen LogP contribution is 2.40. The molecule has 1 aliphatic carbocycles. The Kier molecular flexibility index (Phi) is 6.08. The lowest BCUT2D eigenvalue weighted by atomic mass is 10.1. The fourth-order valence-corrected chi connectivity index (χ4v) is 3.00. The number of allylic oxidation sites excluding steroid dienone is 1. The van der Waals surface area contributed by atoms with Crippen molar-refractivity contribution in [3.05, 3.63) is 47.2 Å². The van der Waals surface area contributed by atoms with Crippen LogP contribution in [0.2, 0.25) is 0 Å². The van der Waals surface area contributed by atoms with Crippen molar-refractivity contribution in [3.63, 3.8) is 0 Å². The van der Waals surface area contributed by atoms with Crippen LogP contribution < -0.4 is 16.6 Å². The quantitative estimate of drug-likeness (QED) is 0.190. The number of hydrazine groups is 1. The van der Waals surface area contributed by atoms with Gasteiger partial charge in [-0.2, -0.15) is 0 Å². The van der Waals surface area contributed by atoms with Crippen LogP contribution in [0.3, 0.4) is 0 Å². The fraction of sp³-hybridized carbons (Fsp3) is 0.421. The van der Waals surface area contributed by atoms with Crippen molar-refractivity contribution in [2.24, 2.45) is 5.84 Å². The number of rotatable bonds is 10. The zero-order valence-corrected chi connectivity index (χ0v) is 15.4. The molecule has 0 aliphatic heterocycles. The number of ether oxygens (including phenoxy) is 1. The molecule has 8 nitrogen and oxygen atoms in total. The molecular formula is C19H25N5O3. The summed E-state index contributed by atoms with van der Waals surface area (Å²) in [5, 5.41) is 3.01. The maximum atomic E-state index is 11.7. The zero-order valence-electron chi connectivity index (χ0n) is 15.4. The Bertz CT molecular complexity index is 854. The Morgan fingerprint density at radius 2 is 2.26 bits per heavy atom. The highest BCUT2D eigenvalue weighted by atomic mass is 16.5. The van der Waals surface area contributed by atoms with E-state index in [0.717, 1.165) is 16.9 Å². The van der Waals surface area contributed by atoms with E-state index in [1.807, 2.05) is 17.5 Å². The Morgan fingerprint density at radius 1 is 1.44 bits per heavy atom. The number of pyridine rings is 1. The van der Waals surface area contributed by atoms with Gasteiger partial charge in [0.25, 0.3) is 0 Å². The lowest BCUT2D eigenvalue weighted by Crippen LogP contribution is -2.24. The van der Waals surface area contributed by atoms with E-state index in [1.54, 1.807) is 0 Å². The average Bonchev–Trinajstić information content (AvgIpc) is 3.43. The Morgan fingerprint density at radius 3 is 2.93 bits per heavy atom. The summed E-state index contributed by atoms with van der Waals surface area (Å²) in [7, 11) is 0. The van der Waals surface area contributed by atoms with Gasteiger partial charge in [0.1, 0.15) is 11.3 Å². The van der Waals surface area contributed by atoms with Crippen molar-refractivity contribution in [3.8, 4) is 0 Å². The van der Waals surface area contributed by atoms with Crippen LogP contribution in [0.1, 0.15) is 48.9 Å². The van der Waals surface area contributed by atoms with Crippen LogP contribution in [0.5, 0.6) is 0 Å². The number of aldehydes is 1. The normalized spacial score (nSPS) is 14.2. The van der Waals surface area contributed by atoms with Gasteiger partial charge in [0.2, 0.25) is 0 Å². The molecule has 1 aliphatic rings. The first-order valence-corrected chi connectivity index (χ1v) is 9.16. The third kappa shape index (κ3) is 4.85. The van der Waals surface area contributed by atoms with Crippen LogP contribution in [0.15, 0.2) is 30.4 Å². The second kappa shape index (κ2) is 8.68. The van der Waals surface area contributed by atoms with Crippen molar-refractivity contribution >= 4 is 17.9 Å². The van der Waals surface area contributed by atoms with Crippen LogP contribution in [0, 0.1) is 0 Å². The van der Waals surface area contributed by atoms with E-state index in [4.69, 9.17) is 10.6 Å². The number of esters is 1. The molecule has 0 saturated heterocycles. The molecule has 8 heteroatoms. The first-order valence-electron chi connectivity index (χ1n) is 9.16. The van der Waals surface area contributed by atoms with Gasteiger partial charge in [-0.25, -0.2) is 4.98 Å². The third-order valence-electron chi connectivity index (χ3n) is 4.49. The number of imidazole rings is 1. The van der Waals surface area contributed by atoms with Gasteiger partial charge in [0.05, 0.1) is 18.8 Å². The second-order valence-electron chi connectivity index (χ2n) is 6.58. The van der Waals surface area contributed by atoms with Crippen molar-refractivity contribution in [2.45, 2.75) is 45.1 Å². The zero-order chi connectivity index (χ0) is 19.2. The minimum absolute atomic E-state index is 0.193. The Labute approximate surface area is 157 Å². The first-order chi connectivity index (χ1) is 13.1. The lowest BCUT2D eigenvalue weighted by Gasteiger charge is -2.07. The van der Waals surface area contributed by atoms with Gasteiger partial charge in [-0.1, -0.05) is 6.07 Å². The molecule has 2 heterocycles. The molecule has 144 valence electrons. The topological polar surface area (TPSA) is 111 Å². The number of carbonyl (C=O) groups excluding carboxylic acids is 2. The minimum atomic E-state index is -0.193. The van der Waals surface area contributed by atoms with E-state index in [9.17, 15) is 9.59 Å². The molecule has 1 saturated carbocycles. The van der Waals surface area contributed by atoms with Gasteiger partial charge in [-0.15, -0.1) is 0 Å². The van der Waals surface area contributed by atoms with E-state index in [0.29, 0.717) is 38.2 Å². The Hall–Kier alpha value is -2.87. The van der Waals surface area contributed by atoms with Crippen molar-refractivity contribution < 1.29 is 14.3 Å². The number of aryl methyl sites for hydroxylation is 1. The molecule has 0 aromatic carbocycles. The third-order valence-corrected chi connectivity index (χ3v) is 4.49. The highest BCUT2D eigenvalue weighted by Gasteiger charge is 2.25. The predicted octanol–water partition coefficient (Wildman–Crippen LogP) is 1.30. The minimum Gasteiger partial charge on any atom is -0.466 e. The summed E-state index contributed by atoms with van der Waals surface area (Å²) in [5.41, 5.74) is 6.56. The largest absolute Gasteiger partial charge is 0.466 e. The molecule has 0 unspecified atom stereocenters. The highest BCUT2D eigenvalue weighted by molar-refractivity contribution is 5.71. The number of nitrogens with one attached hydrogen (secondary N) is 2. The van der Waals surface area contributed by atoms with Crippen molar-refractivity contribution in [2.75, 3.05) is 6.61 Å². The van der Waals surface area contributed by atoms with Gasteiger partial charge >= 0.3 is 5.97 Å². The molecule has 0 amide bonds. The SMILES string of the molecule is CCOC(=O)CCc1cc(C2CC2)cn2cc(CN/C=C(/C=O)NN)nc12. The monoisotopic (exact) mass is 371 g/mol. The number of carbonyl (C=O) groups is 2. The molecule has 3 rings (SSSR count). The molecular weight excluding hydrogens is 346 g/mol. The summed E-state index contributed by atoms with van der Waals surface area (Å²) in [6.45, 7) is 2.66. The van der Waals surface area contributed by atoms with Gasteiger partial charge in [-0.3, -0.25) is 15.4 Å². The van der Waals surface area contributed by atoms with Crippen LogP contribution in [0.25, 0.3) is 5.65 Å². The van der Waals surface area contributed by atoms with E-state index < -0.39 is 0 Å². The fourth-order valence-electron chi connectivity index (χ4n) is 3.00. The van der Waals surface area contributed by atoms with E-state index in [1.165, 1.54) is 24.6 Å². The molecule has 2 aromatic heterocycles. The number of nitrogens with two attached hydrogens (primary N) is 1. The summed E-state index contributed by atoms with van der Waals surface area (Å²) in [5.74, 6) is 5.64. The molecule has 0 radical (unpaired) electrons. The summed E-state index contributed by atoms with van der Waals surface area (Å²) in [4.78, 5) is 27.2. The molecule has 4 N–H and O–H groups in total. The average molecular weight is 371 g/mol. The first kappa shape index (κ1) is 18.9. The number of fused-ring (bicyclic) bond motifs is 1. The number of hydrogen-bond acceptors (Lipinski definition) is 7.